The molecule has 104 valence electrons. The molecule has 1 atom stereocenters. The molecular weight excluding hydrogens is 248 g/mol. The van der Waals surface area contributed by atoms with Crippen molar-refractivity contribution in [2.45, 2.75) is 32.2 Å². The normalized spacial score (nSPS) is 14.7. The van der Waals surface area contributed by atoms with E-state index < -0.39 is 0 Å². The molecule has 0 amide bonds. The van der Waals surface area contributed by atoms with E-state index in [9.17, 15) is 0 Å². The number of rotatable bonds is 4. The van der Waals surface area contributed by atoms with Crippen molar-refractivity contribution in [3.63, 3.8) is 0 Å². The molecule has 2 N–H and O–H groups in total. The molecule has 1 aliphatic heterocycles. The lowest BCUT2D eigenvalue weighted by molar-refractivity contribution is 0.357. The second kappa shape index (κ2) is 5.63. The molecule has 0 saturated heterocycles. The molecule has 0 aliphatic carbocycles. The maximum absolute atomic E-state index is 6.27. The first kappa shape index (κ1) is 13.1. The fourth-order valence-corrected chi connectivity index (χ4v) is 2.68. The van der Waals surface area contributed by atoms with Gasteiger partial charge in [-0.15, -0.1) is 0 Å². The van der Waals surface area contributed by atoms with Crippen LogP contribution < -0.4 is 10.5 Å². The average molecular weight is 268 g/mol. The van der Waals surface area contributed by atoms with Crippen LogP contribution in [0.15, 0.2) is 36.5 Å². The summed E-state index contributed by atoms with van der Waals surface area (Å²) in [6, 6.07) is 10.6. The summed E-state index contributed by atoms with van der Waals surface area (Å²) in [5, 5.41) is 0. The van der Waals surface area contributed by atoms with Crippen LogP contribution in [0.5, 0.6) is 5.75 Å². The molecule has 1 aromatic heterocycles. The lowest BCUT2D eigenvalue weighted by Gasteiger charge is -2.12. The number of hydrogen-bond donors (Lipinski definition) is 1. The first-order valence-corrected chi connectivity index (χ1v) is 7.15. The fraction of sp³-hybridized carbons (Fsp3) is 0.353. The highest BCUT2D eigenvalue weighted by Crippen LogP contribution is 2.27. The Labute approximate surface area is 119 Å². The van der Waals surface area contributed by atoms with Crippen LogP contribution >= 0.6 is 0 Å². The summed E-state index contributed by atoms with van der Waals surface area (Å²) in [6.45, 7) is 2.81. The summed E-state index contributed by atoms with van der Waals surface area (Å²) in [5.74, 6) is 1.04. The Kier molecular flexibility index (Phi) is 3.70. The van der Waals surface area contributed by atoms with Crippen molar-refractivity contribution < 1.29 is 4.74 Å². The zero-order valence-corrected chi connectivity index (χ0v) is 11.8. The minimum absolute atomic E-state index is 0.0706. The summed E-state index contributed by atoms with van der Waals surface area (Å²) >= 11 is 0. The molecule has 0 fully saturated rings. The third-order valence-electron chi connectivity index (χ3n) is 3.85. The van der Waals surface area contributed by atoms with E-state index in [0.29, 0.717) is 0 Å². The predicted octanol–water partition coefficient (Wildman–Crippen LogP) is 2.96. The van der Waals surface area contributed by atoms with Crippen molar-refractivity contribution in [2.24, 2.45) is 5.73 Å². The second-order valence-corrected chi connectivity index (χ2v) is 5.42. The minimum atomic E-state index is 0.0706. The van der Waals surface area contributed by atoms with Crippen LogP contribution in [0.1, 0.15) is 34.8 Å². The Morgan fingerprint density at radius 3 is 3.05 bits per heavy atom. The van der Waals surface area contributed by atoms with Crippen LogP contribution in [-0.4, -0.2) is 11.6 Å². The number of hydrogen-bond acceptors (Lipinski definition) is 3. The van der Waals surface area contributed by atoms with Gasteiger partial charge in [0.1, 0.15) is 5.75 Å². The third kappa shape index (κ3) is 2.83. The number of aromatic nitrogens is 1. The van der Waals surface area contributed by atoms with Crippen LogP contribution in [0.4, 0.5) is 0 Å². The first-order chi connectivity index (χ1) is 9.72. The standard InChI is InChI=1S/C17H20N2O/c1-12-10-14(6-8-19-12)16(18)4-2-13-3-5-17-15(11-13)7-9-20-17/h3,5-6,8,10-11,16H,2,4,7,9,18H2,1H3. The maximum Gasteiger partial charge on any atom is 0.122 e. The van der Waals surface area contributed by atoms with Gasteiger partial charge in [-0.1, -0.05) is 12.1 Å². The van der Waals surface area contributed by atoms with Gasteiger partial charge in [-0.25, -0.2) is 0 Å². The lowest BCUT2D eigenvalue weighted by atomic mass is 9.98. The zero-order chi connectivity index (χ0) is 13.9. The molecular formula is C17H20N2O. The van der Waals surface area contributed by atoms with Gasteiger partial charge in [-0.3, -0.25) is 4.98 Å². The molecule has 20 heavy (non-hydrogen) atoms. The van der Waals surface area contributed by atoms with Gasteiger partial charge in [0.15, 0.2) is 0 Å². The van der Waals surface area contributed by atoms with E-state index in [4.69, 9.17) is 10.5 Å². The Hall–Kier alpha value is -1.87. The zero-order valence-electron chi connectivity index (χ0n) is 11.8. The van der Waals surface area contributed by atoms with Crippen LogP contribution in [0, 0.1) is 6.92 Å². The van der Waals surface area contributed by atoms with Gasteiger partial charge in [0, 0.05) is 24.4 Å². The molecule has 3 heteroatoms. The molecule has 1 aliphatic rings. The summed E-state index contributed by atoms with van der Waals surface area (Å²) in [6.07, 6.45) is 4.80. The number of nitrogens with two attached hydrogens (primary N) is 1. The molecule has 2 aromatic rings. The monoisotopic (exact) mass is 268 g/mol. The Morgan fingerprint density at radius 1 is 1.30 bits per heavy atom. The van der Waals surface area contributed by atoms with Crippen molar-refractivity contribution in [3.8, 4) is 5.75 Å². The van der Waals surface area contributed by atoms with Crippen molar-refractivity contribution in [1.29, 1.82) is 0 Å². The minimum Gasteiger partial charge on any atom is -0.493 e. The lowest BCUT2D eigenvalue weighted by Crippen LogP contribution is -2.11. The number of aryl methyl sites for hydroxylation is 2. The Balaban J connectivity index is 1.64. The second-order valence-electron chi connectivity index (χ2n) is 5.42. The quantitative estimate of drug-likeness (QED) is 0.927. The summed E-state index contributed by atoms with van der Waals surface area (Å²) in [7, 11) is 0. The van der Waals surface area contributed by atoms with Gasteiger partial charge in [0.2, 0.25) is 0 Å². The summed E-state index contributed by atoms with van der Waals surface area (Å²) in [5.41, 5.74) is 11.1. The molecule has 3 nitrogen and oxygen atoms in total. The van der Waals surface area contributed by atoms with Crippen molar-refractivity contribution in [3.05, 3.63) is 58.9 Å². The summed E-state index contributed by atoms with van der Waals surface area (Å²) in [4.78, 5) is 4.21. The molecule has 2 heterocycles. The van der Waals surface area contributed by atoms with E-state index in [1.165, 1.54) is 16.7 Å². The number of fused-ring (bicyclic) bond motifs is 1. The van der Waals surface area contributed by atoms with Gasteiger partial charge in [0.05, 0.1) is 6.61 Å². The first-order valence-electron chi connectivity index (χ1n) is 7.15. The van der Waals surface area contributed by atoms with Gasteiger partial charge in [-0.2, -0.15) is 0 Å². The Morgan fingerprint density at radius 2 is 2.20 bits per heavy atom. The predicted molar refractivity (Wildman–Crippen MR) is 79.9 cm³/mol. The SMILES string of the molecule is Cc1cc(C(N)CCc2ccc3c(c2)CCO3)ccn1. The van der Waals surface area contributed by atoms with Crippen LogP contribution in [0.3, 0.4) is 0 Å². The van der Waals surface area contributed by atoms with Crippen molar-refractivity contribution in [1.82, 2.24) is 4.98 Å². The van der Waals surface area contributed by atoms with E-state index in [-0.39, 0.29) is 6.04 Å². The number of benzene rings is 1. The van der Waals surface area contributed by atoms with Gasteiger partial charge in [-0.05, 0) is 54.7 Å². The molecule has 0 spiro atoms. The summed E-state index contributed by atoms with van der Waals surface area (Å²) < 4.78 is 5.53. The van der Waals surface area contributed by atoms with E-state index in [1.807, 2.05) is 19.2 Å². The smallest absolute Gasteiger partial charge is 0.122 e. The largest absolute Gasteiger partial charge is 0.493 e. The van der Waals surface area contributed by atoms with Crippen LogP contribution in [-0.2, 0) is 12.8 Å². The third-order valence-corrected chi connectivity index (χ3v) is 3.85. The number of pyridine rings is 1. The highest BCUT2D eigenvalue weighted by Gasteiger charge is 2.13. The highest BCUT2D eigenvalue weighted by molar-refractivity contribution is 5.39. The van der Waals surface area contributed by atoms with Crippen LogP contribution in [0.25, 0.3) is 0 Å². The van der Waals surface area contributed by atoms with Crippen molar-refractivity contribution >= 4 is 0 Å². The highest BCUT2D eigenvalue weighted by atomic mass is 16.5. The molecule has 3 rings (SSSR count). The molecule has 1 unspecified atom stereocenters. The van der Waals surface area contributed by atoms with E-state index in [2.05, 4.69) is 29.2 Å². The maximum atomic E-state index is 6.27. The Bertz CT molecular complexity index is 610. The fourth-order valence-electron chi connectivity index (χ4n) is 2.68. The van der Waals surface area contributed by atoms with E-state index in [0.717, 1.165) is 37.3 Å². The van der Waals surface area contributed by atoms with Gasteiger partial charge in [0.25, 0.3) is 0 Å². The van der Waals surface area contributed by atoms with Crippen molar-refractivity contribution in [2.75, 3.05) is 6.61 Å². The number of nitrogens with zero attached hydrogens (tertiary/aromatic N) is 1. The topological polar surface area (TPSA) is 48.1 Å². The van der Waals surface area contributed by atoms with Gasteiger partial charge >= 0.3 is 0 Å². The van der Waals surface area contributed by atoms with E-state index in [1.54, 1.807) is 0 Å². The van der Waals surface area contributed by atoms with E-state index >= 15 is 0 Å². The van der Waals surface area contributed by atoms with Gasteiger partial charge < -0.3 is 10.5 Å². The average Bonchev–Trinajstić information content (AvgIpc) is 2.92. The molecule has 0 saturated carbocycles. The van der Waals surface area contributed by atoms with Crippen LogP contribution in [0.2, 0.25) is 0 Å². The molecule has 0 radical (unpaired) electrons. The number of ether oxygens (including phenoxy) is 1. The molecule has 0 bridgehead atoms. The molecule has 1 aromatic carbocycles.